The highest BCUT2D eigenvalue weighted by Crippen LogP contribution is 2.38. The number of benzene rings is 2. The minimum absolute atomic E-state index is 0.0772. The summed E-state index contributed by atoms with van der Waals surface area (Å²) in [4.78, 5) is 11.7. The Hall–Kier alpha value is -2.26. The van der Waals surface area contributed by atoms with Gasteiger partial charge in [-0.05, 0) is 23.8 Å². The number of rotatable bonds is 5. The summed E-state index contributed by atoms with van der Waals surface area (Å²) in [5.74, 6) is -1.70. The molecule has 0 amide bonds. The number of carboxylic acid groups (broad SMARTS) is 1. The topological polar surface area (TPSA) is 104 Å². The zero-order valence-electron chi connectivity index (χ0n) is 13.3. The van der Waals surface area contributed by atoms with Gasteiger partial charge >= 0.3 is 5.97 Å². The van der Waals surface area contributed by atoms with Gasteiger partial charge in [-0.3, -0.25) is 4.72 Å². The van der Waals surface area contributed by atoms with Gasteiger partial charge in [0.15, 0.2) is 5.75 Å². The molecule has 1 heterocycles. The number of thiophene rings is 1. The molecule has 0 spiro atoms. The molecule has 1 aromatic heterocycles. The van der Waals surface area contributed by atoms with Crippen LogP contribution in [0.4, 0.5) is 5.69 Å². The first-order valence-electron chi connectivity index (χ1n) is 7.32. The average Bonchev–Trinajstić information content (AvgIpc) is 3.03. The zero-order valence-corrected chi connectivity index (χ0v) is 16.5. The highest BCUT2D eigenvalue weighted by molar-refractivity contribution is 7.92. The van der Waals surface area contributed by atoms with Gasteiger partial charge in [-0.25, -0.2) is 13.2 Å². The first kappa shape index (κ1) is 19.5. The maximum Gasteiger partial charge on any atom is 0.348 e. The Labute approximate surface area is 168 Å². The van der Waals surface area contributed by atoms with Gasteiger partial charge in [0.05, 0.1) is 20.6 Å². The number of carboxylic acids is 1. The number of anilines is 1. The zero-order chi connectivity index (χ0) is 19.8. The van der Waals surface area contributed by atoms with E-state index in [0.29, 0.717) is 4.88 Å². The Bertz CT molecular complexity index is 1100. The molecular weight excluding hydrogens is 433 g/mol. The number of carbonyl (C=O) groups is 1. The van der Waals surface area contributed by atoms with Gasteiger partial charge in [0.1, 0.15) is 4.88 Å². The highest BCUT2D eigenvalue weighted by atomic mass is 35.5. The Morgan fingerprint density at radius 1 is 1.04 bits per heavy atom. The predicted octanol–water partition coefficient (Wildman–Crippen LogP) is 4.93. The molecule has 3 rings (SSSR count). The molecule has 0 radical (unpaired) electrons. The minimum atomic E-state index is -4.19. The molecule has 0 atom stereocenters. The van der Waals surface area contributed by atoms with Crippen molar-refractivity contribution in [3.05, 3.63) is 63.5 Å². The summed E-state index contributed by atoms with van der Waals surface area (Å²) < 4.78 is 27.5. The number of nitrogens with one attached hydrogen (secondary N) is 1. The SMILES string of the molecule is O=C(O)c1sc(-c2ccccc2)cc1NS(=O)(=O)c1cc(Cl)c(O)c(Cl)c1. The summed E-state index contributed by atoms with van der Waals surface area (Å²) in [5.41, 5.74) is 0.679. The maximum atomic E-state index is 12.6. The molecule has 0 bridgehead atoms. The van der Waals surface area contributed by atoms with Gasteiger partial charge in [0.25, 0.3) is 10.0 Å². The van der Waals surface area contributed by atoms with E-state index in [4.69, 9.17) is 23.2 Å². The number of phenols is 1. The molecule has 0 fully saturated rings. The van der Waals surface area contributed by atoms with Crippen molar-refractivity contribution in [1.82, 2.24) is 0 Å². The fraction of sp³-hybridized carbons (Fsp3) is 0. The molecule has 0 aliphatic heterocycles. The molecule has 140 valence electrons. The molecule has 6 nitrogen and oxygen atoms in total. The van der Waals surface area contributed by atoms with Crippen molar-refractivity contribution < 1.29 is 23.4 Å². The van der Waals surface area contributed by atoms with Crippen molar-refractivity contribution in [2.24, 2.45) is 0 Å². The fourth-order valence-electron chi connectivity index (χ4n) is 2.27. The number of phenolic OH excluding ortho intramolecular Hbond substituents is 1. The van der Waals surface area contributed by atoms with E-state index < -0.39 is 21.7 Å². The average molecular weight is 444 g/mol. The molecule has 0 saturated heterocycles. The second-order valence-electron chi connectivity index (χ2n) is 5.37. The van der Waals surface area contributed by atoms with E-state index in [-0.39, 0.29) is 25.5 Å². The van der Waals surface area contributed by atoms with Gasteiger partial charge in [0, 0.05) is 4.88 Å². The Balaban J connectivity index is 2.04. The molecule has 0 unspecified atom stereocenters. The number of halogens is 2. The van der Waals surface area contributed by atoms with Crippen molar-refractivity contribution in [3.63, 3.8) is 0 Å². The van der Waals surface area contributed by atoms with Crippen LogP contribution in [0.25, 0.3) is 10.4 Å². The summed E-state index contributed by atoms with van der Waals surface area (Å²) >= 11 is 12.5. The standard InChI is InChI=1S/C17H11Cl2NO5S2/c18-11-6-10(7-12(19)15(11)21)27(24,25)20-13-8-14(26-16(13)17(22)23)9-4-2-1-3-5-9/h1-8,20-21H,(H,22,23). The molecule has 0 saturated carbocycles. The normalized spacial score (nSPS) is 11.3. The van der Waals surface area contributed by atoms with E-state index in [1.54, 1.807) is 24.3 Å². The van der Waals surface area contributed by atoms with E-state index in [1.807, 2.05) is 6.07 Å². The summed E-state index contributed by atoms with van der Waals surface area (Å²) in [6.45, 7) is 0. The predicted molar refractivity (Wildman–Crippen MR) is 106 cm³/mol. The third-order valence-electron chi connectivity index (χ3n) is 3.53. The first-order chi connectivity index (χ1) is 12.7. The molecule has 0 aliphatic carbocycles. The van der Waals surface area contributed by atoms with E-state index in [0.717, 1.165) is 29.0 Å². The lowest BCUT2D eigenvalue weighted by molar-refractivity contribution is 0.0703. The van der Waals surface area contributed by atoms with E-state index in [1.165, 1.54) is 6.07 Å². The Morgan fingerprint density at radius 3 is 2.19 bits per heavy atom. The summed E-state index contributed by atoms with van der Waals surface area (Å²) in [6.07, 6.45) is 0. The number of sulfonamides is 1. The summed E-state index contributed by atoms with van der Waals surface area (Å²) in [6, 6.07) is 12.5. The molecule has 27 heavy (non-hydrogen) atoms. The van der Waals surface area contributed by atoms with Crippen molar-refractivity contribution >= 4 is 56.2 Å². The van der Waals surface area contributed by atoms with Crippen LogP contribution in [-0.2, 0) is 10.0 Å². The van der Waals surface area contributed by atoms with Gasteiger partial charge in [0.2, 0.25) is 0 Å². The van der Waals surface area contributed by atoms with E-state index in [2.05, 4.69) is 4.72 Å². The molecule has 3 N–H and O–H groups in total. The Kier molecular flexibility index (Phi) is 5.34. The van der Waals surface area contributed by atoms with Crippen LogP contribution in [-0.4, -0.2) is 24.6 Å². The molecule has 3 aromatic rings. The lowest BCUT2D eigenvalue weighted by atomic mass is 10.2. The van der Waals surface area contributed by atoms with Gasteiger partial charge in [-0.2, -0.15) is 0 Å². The second kappa shape index (κ2) is 7.40. The first-order valence-corrected chi connectivity index (χ1v) is 10.4. The molecule has 2 aromatic carbocycles. The van der Waals surface area contributed by atoms with Crippen LogP contribution >= 0.6 is 34.5 Å². The van der Waals surface area contributed by atoms with E-state index >= 15 is 0 Å². The third-order valence-corrected chi connectivity index (χ3v) is 6.62. The molecule has 0 aliphatic rings. The van der Waals surface area contributed by atoms with Gasteiger partial charge in [-0.15, -0.1) is 11.3 Å². The van der Waals surface area contributed by atoms with Crippen LogP contribution in [0.5, 0.6) is 5.75 Å². The number of hydrogen-bond acceptors (Lipinski definition) is 5. The fourth-order valence-corrected chi connectivity index (χ4v) is 5.02. The van der Waals surface area contributed by atoms with Crippen molar-refractivity contribution in [1.29, 1.82) is 0 Å². The van der Waals surface area contributed by atoms with Gasteiger partial charge < -0.3 is 10.2 Å². The largest absolute Gasteiger partial charge is 0.505 e. The second-order valence-corrected chi connectivity index (χ2v) is 8.91. The molecule has 10 heteroatoms. The van der Waals surface area contributed by atoms with Crippen molar-refractivity contribution in [2.75, 3.05) is 4.72 Å². The molecular formula is C17H11Cl2NO5S2. The van der Waals surface area contributed by atoms with Crippen LogP contribution in [0.2, 0.25) is 10.0 Å². The van der Waals surface area contributed by atoms with E-state index in [9.17, 15) is 23.4 Å². The van der Waals surface area contributed by atoms with Crippen LogP contribution in [0.15, 0.2) is 53.4 Å². The lowest BCUT2D eigenvalue weighted by Crippen LogP contribution is -2.14. The van der Waals surface area contributed by atoms with Crippen LogP contribution < -0.4 is 4.72 Å². The number of aromatic carboxylic acids is 1. The number of hydrogen-bond donors (Lipinski definition) is 3. The quantitative estimate of drug-likeness (QED) is 0.518. The van der Waals surface area contributed by atoms with Gasteiger partial charge in [-0.1, -0.05) is 53.5 Å². The third kappa shape index (κ3) is 4.03. The van der Waals surface area contributed by atoms with Crippen LogP contribution in [0.1, 0.15) is 9.67 Å². The van der Waals surface area contributed by atoms with Crippen LogP contribution in [0.3, 0.4) is 0 Å². The van der Waals surface area contributed by atoms with Crippen LogP contribution in [0, 0.1) is 0 Å². The highest BCUT2D eigenvalue weighted by Gasteiger charge is 2.23. The minimum Gasteiger partial charge on any atom is -0.505 e. The van der Waals surface area contributed by atoms with Crippen molar-refractivity contribution in [2.45, 2.75) is 4.90 Å². The number of aromatic hydroxyl groups is 1. The monoisotopic (exact) mass is 443 g/mol. The van der Waals surface area contributed by atoms with Crippen molar-refractivity contribution in [3.8, 4) is 16.2 Å². The smallest absolute Gasteiger partial charge is 0.348 e. The summed E-state index contributed by atoms with van der Waals surface area (Å²) in [5, 5.41) is 18.5. The summed E-state index contributed by atoms with van der Waals surface area (Å²) in [7, 11) is -4.19. The Morgan fingerprint density at radius 2 is 1.63 bits per heavy atom. The lowest BCUT2D eigenvalue weighted by Gasteiger charge is -2.09. The maximum absolute atomic E-state index is 12.6.